The predicted molar refractivity (Wildman–Crippen MR) is 148 cm³/mol. The van der Waals surface area contributed by atoms with Crippen LogP contribution in [0.5, 0.6) is 0 Å². The van der Waals surface area contributed by atoms with Crippen molar-refractivity contribution in [1.29, 1.82) is 0 Å². The van der Waals surface area contributed by atoms with E-state index in [1.54, 1.807) is 26.2 Å². The van der Waals surface area contributed by atoms with Crippen LogP contribution in [0.25, 0.3) is 22.3 Å². The third kappa shape index (κ3) is 3.81. The second kappa shape index (κ2) is 9.31. The van der Waals surface area contributed by atoms with Crippen molar-refractivity contribution in [3.8, 4) is 0 Å². The number of hydrogen-bond donors (Lipinski definition) is 5. The zero-order chi connectivity index (χ0) is 30.6. The first-order valence-electron chi connectivity index (χ1n) is 14.0. The number of H-pyrrole nitrogens is 1. The summed E-state index contributed by atoms with van der Waals surface area (Å²) >= 11 is 0. The van der Waals surface area contributed by atoms with Gasteiger partial charge in [0.1, 0.15) is 36.1 Å². The lowest BCUT2D eigenvalue weighted by molar-refractivity contribution is -0.0347. The van der Waals surface area contributed by atoms with Crippen molar-refractivity contribution in [1.82, 2.24) is 69.0 Å². The van der Waals surface area contributed by atoms with Gasteiger partial charge >= 0.3 is 0 Å². The summed E-state index contributed by atoms with van der Waals surface area (Å²) in [5.74, 6) is 0.118. The van der Waals surface area contributed by atoms with Gasteiger partial charge in [-0.2, -0.15) is 4.98 Å². The van der Waals surface area contributed by atoms with Crippen molar-refractivity contribution in [2.45, 2.75) is 61.8 Å². The third-order valence-corrected chi connectivity index (χ3v) is 8.61. The topological polar surface area (TPSA) is 280 Å². The van der Waals surface area contributed by atoms with Gasteiger partial charge in [0.25, 0.3) is 5.56 Å². The molecule has 9 heterocycles. The molecule has 21 heteroatoms. The number of nitrogens with two attached hydrogens (primary N) is 2. The second-order valence-corrected chi connectivity index (χ2v) is 11.2. The van der Waals surface area contributed by atoms with Gasteiger partial charge in [0, 0.05) is 25.2 Å². The maximum absolute atomic E-state index is 12.5. The van der Waals surface area contributed by atoms with Gasteiger partial charge in [-0.3, -0.25) is 18.9 Å². The molecule has 6 aromatic rings. The van der Waals surface area contributed by atoms with Crippen LogP contribution in [-0.4, -0.2) is 104 Å². The van der Waals surface area contributed by atoms with Crippen molar-refractivity contribution in [3.63, 3.8) is 0 Å². The van der Waals surface area contributed by atoms with E-state index in [-0.39, 0.29) is 35.8 Å². The molecule has 6 bridgehead atoms. The number of ether oxygens (including phenoxy) is 2. The van der Waals surface area contributed by atoms with Crippen molar-refractivity contribution in [2.24, 2.45) is 0 Å². The molecule has 21 nitrogen and oxygen atoms in total. The molecule has 230 valence electrons. The summed E-state index contributed by atoms with van der Waals surface area (Å²) in [7, 11) is 0. The number of fused-ring (bicyclic) bond motifs is 11. The number of aliphatic hydroxyl groups is 2. The number of hydrogen-bond acceptors (Lipinski definition) is 16. The van der Waals surface area contributed by atoms with E-state index in [1.165, 1.54) is 23.7 Å². The van der Waals surface area contributed by atoms with Crippen LogP contribution in [0.3, 0.4) is 0 Å². The summed E-state index contributed by atoms with van der Waals surface area (Å²) in [6.07, 6.45) is 2.63. The molecule has 9 rings (SSSR count). The Morgan fingerprint density at radius 1 is 0.800 bits per heavy atom. The second-order valence-electron chi connectivity index (χ2n) is 11.2. The molecule has 3 aliphatic rings. The highest BCUT2D eigenvalue weighted by Crippen LogP contribution is 2.43. The van der Waals surface area contributed by atoms with Crippen LogP contribution in [0.1, 0.15) is 35.9 Å². The Hall–Kier alpha value is -5.38. The number of aromatic amines is 1. The van der Waals surface area contributed by atoms with E-state index in [9.17, 15) is 15.0 Å². The van der Waals surface area contributed by atoms with E-state index in [4.69, 9.17) is 20.9 Å². The maximum atomic E-state index is 12.5. The Morgan fingerprint density at radius 2 is 1.47 bits per heavy atom. The van der Waals surface area contributed by atoms with Crippen LogP contribution >= 0.6 is 0 Å². The molecule has 0 radical (unpaired) electrons. The molecular weight excluding hydrogens is 592 g/mol. The van der Waals surface area contributed by atoms with Gasteiger partial charge in [-0.05, 0) is 0 Å². The first kappa shape index (κ1) is 26.1. The molecule has 8 atom stereocenters. The maximum Gasteiger partial charge on any atom is 0.280 e. The van der Waals surface area contributed by atoms with E-state index >= 15 is 0 Å². The molecule has 0 aromatic carbocycles. The molecule has 2 fully saturated rings. The quantitative estimate of drug-likeness (QED) is 0.133. The SMILES string of the molecule is Nc1nc2c(ncn2[C@@H]2O[C@@H]3Cc4cn(nn4)[C@@H]4C(O)[C@H](n5cnc6c(N)ncnc65)O[C@@H]4Cc4cn(nn4)[C@H]2C3O)c(=O)[nH]1. The Balaban J connectivity index is 1.12. The zero-order valence-corrected chi connectivity index (χ0v) is 23.0. The molecule has 0 spiro atoms. The van der Waals surface area contributed by atoms with Crippen LogP contribution in [0.2, 0.25) is 0 Å². The fourth-order valence-corrected chi connectivity index (χ4v) is 6.57. The minimum absolute atomic E-state index is 0.0680. The van der Waals surface area contributed by atoms with Gasteiger partial charge in [0.05, 0.1) is 36.3 Å². The molecule has 2 unspecified atom stereocenters. The van der Waals surface area contributed by atoms with Crippen LogP contribution < -0.4 is 17.0 Å². The molecule has 3 aliphatic heterocycles. The van der Waals surface area contributed by atoms with E-state index in [0.29, 0.717) is 22.6 Å². The number of rotatable bonds is 2. The van der Waals surface area contributed by atoms with Gasteiger partial charge in [-0.15, -0.1) is 10.2 Å². The number of nitrogens with one attached hydrogen (secondary N) is 1. The highest BCUT2D eigenvalue weighted by atomic mass is 16.5. The number of nitrogen functional groups attached to an aromatic ring is 2. The molecular formula is C24H24N16O5. The summed E-state index contributed by atoms with van der Waals surface area (Å²) in [5, 5.41) is 40.5. The molecule has 7 N–H and O–H groups in total. The largest absolute Gasteiger partial charge is 0.388 e. The van der Waals surface area contributed by atoms with Crippen LogP contribution in [-0.2, 0) is 22.3 Å². The number of nitrogens with zero attached hydrogens (tertiary/aromatic N) is 13. The van der Waals surface area contributed by atoms with E-state index < -0.39 is 54.5 Å². The van der Waals surface area contributed by atoms with Crippen molar-refractivity contribution in [3.05, 3.63) is 53.1 Å². The molecule has 2 saturated heterocycles. The summed E-state index contributed by atoms with van der Waals surface area (Å²) in [6.45, 7) is 0. The fourth-order valence-electron chi connectivity index (χ4n) is 6.57. The predicted octanol–water partition coefficient (Wildman–Crippen LogP) is -2.60. The van der Waals surface area contributed by atoms with Crippen molar-refractivity contribution < 1.29 is 19.7 Å². The first-order valence-corrected chi connectivity index (χ1v) is 14.0. The number of imidazole rings is 2. The fraction of sp³-hybridized carbons (Fsp3) is 0.417. The zero-order valence-electron chi connectivity index (χ0n) is 23.0. The van der Waals surface area contributed by atoms with Gasteiger partial charge < -0.3 is 31.2 Å². The van der Waals surface area contributed by atoms with Gasteiger partial charge in [0.2, 0.25) is 5.95 Å². The first-order chi connectivity index (χ1) is 21.8. The van der Waals surface area contributed by atoms with Crippen molar-refractivity contribution in [2.75, 3.05) is 11.5 Å². The molecule has 0 saturated carbocycles. The minimum Gasteiger partial charge on any atom is -0.388 e. The summed E-state index contributed by atoms with van der Waals surface area (Å²) in [4.78, 5) is 35.9. The Morgan fingerprint density at radius 3 is 2.24 bits per heavy atom. The highest BCUT2D eigenvalue weighted by Gasteiger charge is 2.50. The summed E-state index contributed by atoms with van der Waals surface area (Å²) < 4.78 is 19.0. The Labute approximate surface area is 249 Å². The lowest BCUT2D eigenvalue weighted by Crippen LogP contribution is -2.31. The number of aromatic nitrogens is 14. The van der Waals surface area contributed by atoms with Crippen molar-refractivity contribution >= 4 is 34.1 Å². The number of aliphatic hydroxyl groups excluding tert-OH is 2. The smallest absolute Gasteiger partial charge is 0.280 e. The highest BCUT2D eigenvalue weighted by molar-refractivity contribution is 5.81. The average Bonchev–Trinajstić information content (AvgIpc) is 3.84. The summed E-state index contributed by atoms with van der Waals surface area (Å²) in [5.41, 5.74) is 13.4. The Kier molecular flexibility index (Phi) is 5.39. The monoisotopic (exact) mass is 616 g/mol. The molecule has 45 heavy (non-hydrogen) atoms. The van der Waals surface area contributed by atoms with Gasteiger partial charge in [-0.25, -0.2) is 29.3 Å². The van der Waals surface area contributed by atoms with E-state index in [0.717, 1.165) is 0 Å². The third-order valence-electron chi connectivity index (χ3n) is 8.61. The lowest BCUT2D eigenvalue weighted by atomic mass is 10.0. The minimum atomic E-state index is -1.10. The van der Waals surface area contributed by atoms with Gasteiger partial charge in [0.15, 0.2) is 35.1 Å². The Bertz CT molecular complexity index is 2150. The molecule has 0 amide bonds. The average molecular weight is 617 g/mol. The lowest BCUT2D eigenvalue weighted by Gasteiger charge is -2.21. The number of anilines is 2. The standard InChI is InChI=1S/C24H24N16O5/c25-18-12-19(28-5-27-18)37(6-29-12)23-17(42)14-10(44-23)1-8-4-40(36-33-8)15-16(41)11(2-9-3-39(14)35-34-9)45-22(15)38-7-30-13-20(38)31-24(26)32-21(13)43/h3-7,10-11,14-17,22-23,41-42H,1-2H2,(H2,25,27,28)(H3,26,31,32,43)/t10-,11-,14+,15+,16?,17?,22-,23-/m1/s1. The molecule has 0 aliphatic carbocycles. The van der Waals surface area contributed by atoms with E-state index in [1.807, 2.05) is 0 Å². The van der Waals surface area contributed by atoms with E-state index in [2.05, 4.69) is 50.5 Å². The van der Waals surface area contributed by atoms with Crippen LogP contribution in [0, 0.1) is 0 Å². The van der Waals surface area contributed by atoms with Gasteiger partial charge in [-0.1, -0.05) is 10.4 Å². The van der Waals surface area contributed by atoms with Crippen LogP contribution in [0.15, 0.2) is 36.2 Å². The molecule has 6 aromatic heterocycles. The van der Waals surface area contributed by atoms with Crippen LogP contribution in [0.4, 0.5) is 11.8 Å². The normalized spacial score (nSPS) is 29.5. The summed E-state index contributed by atoms with van der Waals surface area (Å²) in [6, 6.07) is -1.48.